The predicted octanol–water partition coefficient (Wildman–Crippen LogP) is -0.285. The van der Waals surface area contributed by atoms with Gasteiger partial charge in [-0.15, -0.1) is 0 Å². The minimum Gasteiger partial charge on any atom is -0.394 e. The average Bonchev–Trinajstić information content (AvgIpc) is 2.96. The number of nitrogens with zero attached hydrogens (tertiary/aromatic N) is 2. The summed E-state index contributed by atoms with van der Waals surface area (Å²) in [7, 11) is 0. The minimum absolute atomic E-state index is 0.0169. The van der Waals surface area contributed by atoms with Gasteiger partial charge >= 0.3 is 5.69 Å². The summed E-state index contributed by atoms with van der Waals surface area (Å²) in [4.78, 5) is 15.9. The van der Waals surface area contributed by atoms with Crippen molar-refractivity contribution in [2.24, 2.45) is 0 Å². The summed E-state index contributed by atoms with van der Waals surface area (Å²) < 4.78 is 12.2. The number of aromatic nitrogens is 2. The van der Waals surface area contributed by atoms with Gasteiger partial charge in [-0.1, -0.05) is 30.3 Å². The van der Waals surface area contributed by atoms with Gasteiger partial charge < -0.3 is 30.5 Å². The zero-order valence-electron chi connectivity index (χ0n) is 14.8. The average molecular weight is 377 g/mol. The van der Waals surface area contributed by atoms with Crippen LogP contribution in [0.15, 0.2) is 41.3 Å². The van der Waals surface area contributed by atoms with Crippen molar-refractivity contribution in [3.05, 3.63) is 58.1 Å². The van der Waals surface area contributed by atoms with E-state index < -0.39 is 36.8 Å². The lowest BCUT2D eigenvalue weighted by molar-refractivity contribution is -0.0552. The third-order valence-corrected chi connectivity index (χ3v) is 4.61. The van der Waals surface area contributed by atoms with E-state index >= 15 is 0 Å². The van der Waals surface area contributed by atoms with Crippen molar-refractivity contribution in [1.29, 1.82) is 0 Å². The predicted molar refractivity (Wildman–Crippen MR) is 95.6 cm³/mol. The van der Waals surface area contributed by atoms with Gasteiger partial charge in [-0.2, -0.15) is 4.98 Å². The molecule has 1 aliphatic rings. The maximum atomic E-state index is 12.2. The number of benzene rings is 1. The molecule has 9 heteroatoms. The minimum atomic E-state index is -1.39. The molecule has 1 unspecified atom stereocenters. The van der Waals surface area contributed by atoms with Crippen molar-refractivity contribution < 1.29 is 24.8 Å². The van der Waals surface area contributed by atoms with Crippen LogP contribution < -0.4 is 11.4 Å². The first kappa shape index (κ1) is 19.5. The normalized spacial score (nSPS) is 26.2. The molecule has 3 rings (SSSR count). The van der Waals surface area contributed by atoms with E-state index in [1.54, 1.807) is 0 Å². The number of hydrogen-bond acceptors (Lipinski definition) is 8. The molecule has 0 bridgehead atoms. The van der Waals surface area contributed by atoms with Gasteiger partial charge in [-0.05, 0) is 12.5 Å². The number of aliphatic hydroxyl groups excluding tert-OH is 3. The Labute approximate surface area is 155 Å². The summed E-state index contributed by atoms with van der Waals surface area (Å²) in [6.45, 7) is 1.49. The summed E-state index contributed by atoms with van der Waals surface area (Å²) >= 11 is 0. The van der Waals surface area contributed by atoms with Gasteiger partial charge in [-0.3, -0.25) is 4.57 Å². The van der Waals surface area contributed by atoms with Crippen molar-refractivity contribution >= 4 is 5.82 Å². The molecule has 1 aromatic heterocycles. The van der Waals surface area contributed by atoms with Crippen LogP contribution in [0.25, 0.3) is 0 Å². The van der Waals surface area contributed by atoms with Crippen LogP contribution in [0.2, 0.25) is 0 Å². The number of hydrogen-bond donors (Lipinski definition) is 4. The van der Waals surface area contributed by atoms with E-state index in [2.05, 4.69) is 4.98 Å². The molecule has 27 heavy (non-hydrogen) atoms. The largest absolute Gasteiger partial charge is 0.394 e. The van der Waals surface area contributed by atoms with E-state index in [0.717, 1.165) is 10.1 Å². The number of nitrogens with two attached hydrogens (primary N) is 1. The molecule has 1 aromatic carbocycles. The molecule has 2 heterocycles. The molecule has 5 atom stereocenters. The molecular weight excluding hydrogens is 354 g/mol. The lowest BCUT2D eigenvalue weighted by Crippen LogP contribution is -2.36. The van der Waals surface area contributed by atoms with Crippen LogP contribution in [0.3, 0.4) is 0 Å². The molecule has 0 spiro atoms. The standard InChI is InChI=1S/C18H23N3O6/c1-10(11-5-3-2-4-6-11)26-9-12-7-21(18(25)20-16(12)19)17-15(24)14(23)13(8-22)27-17/h2-7,10,13-15,17,22-24H,8-9H2,1H3,(H2,19,20,25)/t10?,13-,14-,15-,17-/m1/s1. The maximum Gasteiger partial charge on any atom is 0.351 e. The van der Waals surface area contributed by atoms with Crippen molar-refractivity contribution in [1.82, 2.24) is 9.55 Å². The van der Waals surface area contributed by atoms with Gasteiger partial charge in [0.15, 0.2) is 6.23 Å². The Bertz CT molecular complexity index is 828. The molecule has 5 N–H and O–H groups in total. The third-order valence-electron chi connectivity index (χ3n) is 4.61. The quantitative estimate of drug-likeness (QED) is 0.539. The van der Waals surface area contributed by atoms with Crippen LogP contribution >= 0.6 is 0 Å². The molecule has 0 radical (unpaired) electrons. The Morgan fingerprint density at radius 3 is 2.63 bits per heavy atom. The molecular formula is C18H23N3O6. The first-order chi connectivity index (χ1) is 12.9. The second kappa shape index (κ2) is 8.15. The molecule has 2 aromatic rings. The number of anilines is 1. The van der Waals surface area contributed by atoms with Crippen LogP contribution in [0.4, 0.5) is 5.82 Å². The van der Waals surface area contributed by atoms with E-state index in [1.165, 1.54) is 6.20 Å². The Morgan fingerprint density at radius 2 is 2.00 bits per heavy atom. The van der Waals surface area contributed by atoms with Crippen molar-refractivity contribution in [3.8, 4) is 0 Å². The SMILES string of the molecule is CC(OCc1cn([C@@H]2O[C@H](CO)[C@@H](O)[C@H]2O)c(=O)nc1N)c1ccccc1. The molecule has 1 fully saturated rings. The van der Waals surface area contributed by atoms with Crippen LogP contribution in [-0.2, 0) is 16.1 Å². The lowest BCUT2D eigenvalue weighted by atomic mass is 10.1. The molecule has 0 amide bonds. The van der Waals surface area contributed by atoms with Gasteiger partial charge in [0, 0.05) is 11.8 Å². The highest BCUT2D eigenvalue weighted by Gasteiger charge is 2.43. The zero-order chi connectivity index (χ0) is 19.6. The van der Waals surface area contributed by atoms with E-state index in [0.29, 0.717) is 5.56 Å². The highest BCUT2D eigenvalue weighted by atomic mass is 16.6. The van der Waals surface area contributed by atoms with Gasteiger partial charge in [0.25, 0.3) is 0 Å². The number of rotatable bonds is 6. The van der Waals surface area contributed by atoms with Crippen molar-refractivity contribution in [3.63, 3.8) is 0 Å². The molecule has 1 aliphatic heterocycles. The highest BCUT2D eigenvalue weighted by molar-refractivity contribution is 5.36. The van der Waals surface area contributed by atoms with Gasteiger partial charge in [-0.25, -0.2) is 4.79 Å². The summed E-state index contributed by atoms with van der Waals surface area (Å²) in [5.41, 5.74) is 6.52. The fraction of sp³-hybridized carbons (Fsp3) is 0.444. The van der Waals surface area contributed by atoms with E-state index in [4.69, 9.17) is 15.2 Å². The maximum absolute atomic E-state index is 12.2. The Balaban J connectivity index is 1.79. The van der Waals surface area contributed by atoms with Crippen LogP contribution in [0.1, 0.15) is 30.4 Å². The second-order valence-corrected chi connectivity index (χ2v) is 6.43. The smallest absolute Gasteiger partial charge is 0.351 e. The topological polar surface area (TPSA) is 140 Å². The zero-order valence-corrected chi connectivity index (χ0v) is 14.8. The van der Waals surface area contributed by atoms with E-state index in [9.17, 15) is 20.1 Å². The van der Waals surface area contributed by atoms with Crippen molar-refractivity contribution in [2.45, 2.75) is 44.2 Å². The van der Waals surface area contributed by atoms with E-state index in [-0.39, 0.29) is 18.5 Å². The van der Waals surface area contributed by atoms with Crippen LogP contribution in [-0.4, -0.2) is 49.8 Å². The summed E-state index contributed by atoms with van der Waals surface area (Å²) in [6.07, 6.45) is -3.69. The first-order valence-electron chi connectivity index (χ1n) is 8.59. The molecule has 0 saturated carbocycles. The van der Waals surface area contributed by atoms with Crippen LogP contribution in [0.5, 0.6) is 0 Å². The number of nitrogen functional groups attached to an aromatic ring is 1. The van der Waals surface area contributed by atoms with Gasteiger partial charge in [0.1, 0.15) is 24.1 Å². The number of aliphatic hydroxyl groups is 3. The summed E-state index contributed by atoms with van der Waals surface area (Å²) in [6, 6.07) is 9.60. The Morgan fingerprint density at radius 1 is 1.30 bits per heavy atom. The summed E-state index contributed by atoms with van der Waals surface area (Å²) in [5.74, 6) is 0.0169. The fourth-order valence-electron chi connectivity index (χ4n) is 2.96. The highest BCUT2D eigenvalue weighted by Crippen LogP contribution is 2.29. The molecule has 1 saturated heterocycles. The Kier molecular flexibility index (Phi) is 5.88. The fourth-order valence-corrected chi connectivity index (χ4v) is 2.96. The van der Waals surface area contributed by atoms with Crippen LogP contribution in [0, 0.1) is 0 Å². The Hall–Kier alpha value is -2.30. The first-order valence-corrected chi connectivity index (χ1v) is 8.59. The van der Waals surface area contributed by atoms with Gasteiger partial charge in [0.05, 0.1) is 19.3 Å². The molecule has 146 valence electrons. The second-order valence-electron chi connectivity index (χ2n) is 6.43. The molecule has 0 aliphatic carbocycles. The monoisotopic (exact) mass is 377 g/mol. The van der Waals surface area contributed by atoms with Crippen molar-refractivity contribution in [2.75, 3.05) is 12.3 Å². The summed E-state index contributed by atoms with van der Waals surface area (Å²) in [5, 5.41) is 29.2. The van der Waals surface area contributed by atoms with Gasteiger partial charge in [0.2, 0.25) is 0 Å². The van der Waals surface area contributed by atoms with E-state index in [1.807, 2.05) is 37.3 Å². The third kappa shape index (κ3) is 4.02. The molecule has 9 nitrogen and oxygen atoms in total. The number of ether oxygens (including phenoxy) is 2. The lowest BCUT2D eigenvalue weighted by Gasteiger charge is -2.19.